The van der Waals surface area contributed by atoms with Crippen LogP contribution in [0.1, 0.15) is 67.1 Å². The monoisotopic (exact) mass is 460 g/mol. The van der Waals surface area contributed by atoms with Crippen molar-refractivity contribution in [3.8, 4) is 5.75 Å². The maximum absolute atomic E-state index is 12.4. The number of hydrogen-bond donors (Lipinski definition) is 1. The van der Waals surface area contributed by atoms with Crippen LogP contribution in [-0.2, 0) is 11.3 Å². The van der Waals surface area contributed by atoms with Crippen molar-refractivity contribution in [2.75, 3.05) is 13.7 Å². The first-order chi connectivity index (χ1) is 16.4. The van der Waals surface area contributed by atoms with Gasteiger partial charge in [0.15, 0.2) is 0 Å². The second kappa shape index (κ2) is 12.4. The summed E-state index contributed by atoms with van der Waals surface area (Å²) in [5, 5.41) is 0. The highest BCUT2D eigenvalue weighted by atomic mass is 16.5. The van der Waals surface area contributed by atoms with Crippen molar-refractivity contribution in [2.45, 2.75) is 58.7 Å². The third-order valence-electron chi connectivity index (χ3n) is 6.45. The van der Waals surface area contributed by atoms with Crippen LogP contribution in [0.3, 0.4) is 0 Å². The molecule has 0 radical (unpaired) electrons. The largest absolute Gasteiger partial charge is 0.489 e. The van der Waals surface area contributed by atoms with E-state index in [1.54, 1.807) is 11.0 Å². The summed E-state index contributed by atoms with van der Waals surface area (Å²) in [4.78, 5) is 14.0. The van der Waals surface area contributed by atoms with Gasteiger partial charge in [0.1, 0.15) is 12.4 Å². The van der Waals surface area contributed by atoms with Gasteiger partial charge in [-0.2, -0.15) is 0 Å². The zero-order chi connectivity index (χ0) is 24.5. The molecule has 0 unspecified atom stereocenters. The van der Waals surface area contributed by atoms with E-state index in [-0.39, 0.29) is 11.9 Å². The maximum Gasteiger partial charge on any atom is 0.337 e. The molecule has 1 N–H and O–H groups in total. The van der Waals surface area contributed by atoms with Crippen LogP contribution in [0.5, 0.6) is 5.75 Å². The molecule has 34 heavy (non-hydrogen) atoms. The van der Waals surface area contributed by atoms with Gasteiger partial charge in [0, 0.05) is 17.9 Å². The molecule has 180 valence electrons. The molecular formula is C30H38NO3+. The van der Waals surface area contributed by atoms with Crippen LogP contribution in [0.4, 0.5) is 0 Å². The average Bonchev–Trinajstić information content (AvgIpc) is 2.85. The third kappa shape index (κ3) is 6.71. The SMILES string of the molecule is COC(=O)c1ccc(OCc2ccccc2)c([C@H](CC[NH+](C(C)C)C(C)C)c2ccccc2)c1. The zero-order valence-electron chi connectivity index (χ0n) is 21.1. The molecule has 0 bridgehead atoms. The number of hydrogen-bond acceptors (Lipinski definition) is 3. The van der Waals surface area contributed by atoms with Gasteiger partial charge < -0.3 is 14.4 Å². The number of benzene rings is 3. The molecule has 0 spiro atoms. The molecule has 0 aromatic heterocycles. The smallest absolute Gasteiger partial charge is 0.337 e. The molecule has 4 nitrogen and oxygen atoms in total. The Morgan fingerprint density at radius 1 is 0.853 bits per heavy atom. The van der Waals surface area contributed by atoms with E-state index in [1.807, 2.05) is 36.4 Å². The van der Waals surface area contributed by atoms with Gasteiger partial charge in [0.25, 0.3) is 0 Å². The first-order valence-electron chi connectivity index (χ1n) is 12.2. The van der Waals surface area contributed by atoms with Gasteiger partial charge >= 0.3 is 5.97 Å². The molecule has 0 heterocycles. The van der Waals surface area contributed by atoms with Crippen LogP contribution in [0, 0.1) is 0 Å². The van der Waals surface area contributed by atoms with E-state index in [1.165, 1.54) is 12.7 Å². The molecular weight excluding hydrogens is 422 g/mol. The quantitative estimate of drug-likeness (QED) is 0.396. The molecule has 0 aliphatic rings. The Labute approximate surface area is 204 Å². The van der Waals surface area contributed by atoms with E-state index in [4.69, 9.17) is 9.47 Å². The van der Waals surface area contributed by atoms with Crippen LogP contribution in [0.2, 0.25) is 0 Å². The highest BCUT2D eigenvalue weighted by Crippen LogP contribution is 2.35. The summed E-state index contributed by atoms with van der Waals surface area (Å²) in [7, 11) is 1.42. The van der Waals surface area contributed by atoms with E-state index < -0.39 is 0 Å². The lowest BCUT2D eigenvalue weighted by Gasteiger charge is -2.30. The van der Waals surface area contributed by atoms with E-state index in [9.17, 15) is 4.79 Å². The molecule has 3 aromatic carbocycles. The van der Waals surface area contributed by atoms with Gasteiger partial charge in [-0.1, -0.05) is 60.7 Å². The van der Waals surface area contributed by atoms with Gasteiger partial charge in [-0.25, -0.2) is 4.79 Å². The lowest BCUT2D eigenvalue weighted by Crippen LogP contribution is -3.17. The highest BCUT2D eigenvalue weighted by Gasteiger charge is 2.25. The fourth-order valence-electron chi connectivity index (χ4n) is 4.67. The van der Waals surface area contributed by atoms with Crippen LogP contribution >= 0.6 is 0 Å². The third-order valence-corrected chi connectivity index (χ3v) is 6.45. The van der Waals surface area contributed by atoms with Gasteiger partial charge in [0.05, 0.1) is 31.3 Å². The van der Waals surface area contributed by atoms with Crippen molar-refractivity contribution >= 4 is 5.97 Å². The summed E-state index contributed by atoms with van der Waals surface area (Å²) in [6.07, 6.45) is 0.946. The summed E-state index contributed by atoms with van der Waals surface area (Å²) in [6.45, 7) is 10.6. The number of quaternary nitrogens is 1. The van der Waals surface area contributed by atoms with Crippen molar-refractivity contribution in [3.63, 3.8) is 0 Å². The maximum atomic E-state index is 12.4. The topological polar surface area (TPSA) is 40.0 Å². The number of esters is 1. The molecule has 0 aliphatic carbocycles. The Bertz CT molecular complexity index is 1020. The molecule has 1 atom stereocenters. The number of ether oxygens (including phenoxy) is 2. The number of methoxy groups -OCH3 is 1. The minimum absolute atomic E-state index is 0.101. The Kier molecular flexibility index (Phi) is 9.29. The van der Waals surface area contributed by atoms with Crippen LogP contribution in [0.25, 0.3) is 0 Å². The Hall–Kier alpha value is -3.11. The van der Waals surface area contributed by atoms with Crippen molar-refractivity contribution in [2.24, 2.45) is 0 Å². The number of nitrogens with one attached hydrogen (secondary N) is 1. The Morgan fingerprint density at radius 3 is 2.06 bits per heavy atom. The molecule has 0 fully saturated rings. The first-order valence-corrected chi connectivity index (χ1v) is 12.2. The lowest BCUT2D eigenvalue weighted by atomic mass is 9.86. The van der Waals surface area contributed by atoms with Crippen LogP contribution in [-0.4, -0.2) is 31.7 Å². The van der Waals surface area contributed by atoms with Crippen molar-refractivity contribution < 1.29 is 19.2 Å². The standard InChI is InChI=1S/C30H37NO3/c1-22(2)31(23(3)4)19-18-27(25-14-10-7-11-15-25)28-20-26(30(32)33-5)16-17-29(28)34-21-24-12-8-6-9-13-24/h6-17,20,22-23,27H,18-19,21H2,1-5H3/p+1/t27-/m1/s1. The second-order valence-electron chi connectivity index (χ2n) is 9.40. The van der Waals surface area contributed by atoms with E-state index in [0.717, 1.165) is 29.8 Å². The average molecular weight is 461 g/mol. The van der Waals surface area contributed by atoms with Crippen LogP contribution in [0.15, 0.2) is 78.9 Å². The predicted octanol–water partition coefficient (Wildman–Crippen LogP) is 5.28. The summed E-state index contributed by atoms with van der Waals surface area (Å²) < 4.78 is 11.4. The zero-order valence-corrected chi connectivity index (χ0v) is 21.1. The molecule has 0 saturated heterocycles. The molecule has 0 aliphatic heterocycles. The summed E-state index contributed by atoms with van der Waals surface area (Å²) in [6, 6.07) is 27.4. The number of carbonyl (C=O) groups is 1. The molecule has 0 amide bonds. The van der Waals surface area contributed by atoms with E-state index in [2.05, 4.69) is 64.1 Å². The van der Waals surface area contributed by atoms with Gasteiger partial charge in [-0.15, -0.1) is 0 Å². The fraction of sp³-hybridized carbons (Fsp3) is 0.367. The molecule has 0 saturated carbocycles. The normalized spacial score (nSPS) is 12.2. The predicted molar refractivity (Wildman–Crippen MR) is 138 cm³/mol. The highest BCUT2D eigenvalue weighted by molar-refractivity contribution is 5.89. The van der Waals surface area contributed by atoms with Gasteiger partial charge in [-0.3, -0.25) is 0 Å². The van der Waals surface area contributed by atoms with E-state index in [0.29, 0.717) is 24.3 Å². The Balaban J connectivity index is 2.01. The van der Waals surface area contributed by atoms with Crippen molar-refractivity contribution in [1.82, 2.24) is 0 Å². The minimum Gasteiger partial charge on any atom is -0.489 e. The van der Waals surface area contributed by atoms with Gasteiger partial charge in [0.2, 0.25) is 0 Å². The number of rotatable bonds is 11. The summed E-state index contributed by atoms with van der Waals surface area (Å²) in [5.74, 6) is 0.573. The summed E-state index contributed by atoms with van der Waals surface area (Å²) in [5.41, 5.74) is 3.90. The van der Waals surface area contributed by atoms with Crippen molar-refractivity contribution in [3.05, 3.63) is 101 Å². The molecule has 4 heteroatoms. The van der Waals surface area contributed by atoms with Gasteiger partial charge in [-0.05, 0) is 57.0 Å². The minimum atomic E-state index is -0.334. The first kappa shape index (κ1) is 25.5. The summed E-state index contributed by atoms with van der Waals surface area (Å²) >= 11 is 0. The van der Waals surface area contributed by atoms with Crippen molar-refractivity contribution in [1.29, 1.82) is 0 Å². The van der Waals surface area contributed by atoms with Crippen LogP contribution < -0.4 is 9.64 Å². The van der Waals surface area contributed by atoms with E-state index >= 15 is 0 Å². The Morgan fingerprint density at radius 2 is 1.47 bits per heavy atom. The number of carbonyl (C=O) groups excluding carboxylic acids is 1. The lowest BCUT2D eigenvalue weighted by molar-refractivity contribution is -0.942. The second-order valence-corrected chi connectivity index (χ2v) is 9.40. The molecule has 3 rings (SSSR count). The molecule has 3 aromatic rings. The fourth-order valence-corrected chi connectivity index (χ4v) is 4.67.